The van der Waals surface area contributed by atoms with Crippen molar-refractivity contribution in [3.8, 4) is 0 Å². The molecule has 1 fully saturated rings. The summed E-state index contributed by atoms with van der Waals surface area (Å²) in [5, 5.41) is 3.28. The number of nitrogens with one attached hydrogen (secondary N) is 1. The topological polar surface area (TPSA) is 38.1 Å². The number of para-hydroxylation sites is 2. The normalized spacial score (nSPS) is 16.4. The maximum atomic E-state index is 5.62. The van der Waals surface area contributed by atoms with E-state index in [0.717, 1.165) is 23.6 Å². The van der Waals surface area contributed by atoms with Gasteiger partial charge in [-0.2, -0.15) is 4.98 Å². The molecule has 1 N–H and O–H groups in total. The molecule has 0 radical (unpaired) electrons. The number of oxazole rings is 1. The van der Waals surface area contributed by atoms with Crippen LogP contribution in [-0.4, -0.2) is 11.5 Å². The van der Waals surface area contributed by atoms with E-state index in [2.05, 4.69) is 10.3 Å². The molecule has 3 rings (SSSR count). The molecule has 1 aliphatic carbocycles. The van der Waals surface area contributed by atoms with Gasteiger partial charge in [-0.1, -0.05) is 37.8 Å². The van der Waals surface area contributed by atoms with Crippen molar-refractivity contribution in [2.45, 2.75) is 38.5 Å². The van der Waals surface area contributed by atoms with Crippen molar-refractivity contribution in [2.75, 3.05) is 11.9 Å². The summed E-state index contributed by atoms with van der Waals surface area (Å²) in [4.78, 5) is 4.40. The van der Waals surface area contributed by atoms with Crippen LogP contribution in [-0.2, 0) is 0 Å². The van der Waals surface area contributed by atoms with Crippen molar-refractivity contribution in [3.05, 3.63) is 24.3 Å². The second kappa shape index (κ2) is 5.42. The van der Waals surface area contributed by atoms with Gasteiger partial charge in [0.05, 0.1) is 0 Å². The van der Waals surface area contributed by atoms with Crippen molar-refractivity contribution in [3.63, 3.8) is 0 Å². The third-order valence-electron chi connectivity index (χ3n) is 3.83. The van der Waals surface area contributed by atoms with E-state index >= 15 is 0 Å². The molecule has 3 nitrogen and oxygen atoms in total. The highest BCUT2D eigenvalue weighted by Crippen LogP contribution is 2.28. The Labute approximate surface area is 108 Å². The molecule has 0 bridgehead atoms. The average Bonchev–Trinajstić information content (AvgIpc) is 3.03. The third kappa shape index (κ3) is 2.66. The Bertz CT molecular complexity index is 467. The minimum absolute atomic E-state index is 0.655. The third-order valence-corrected chi connectivity index (χ3v) is 3.83. The Hall–Kier alpha value is -1.51. The van der Waals surface area contributed by atoms with E-state index in [1.165, 1.54) is 38.5 Å². The maximum absolute atomic E-state index is 5.62. The zero-order valence-electron chi connectivity index (χ0n) is 10.7. The van der Waals surface area contributed by atoms with Crippen molar-refractivity contribution in [2.24, 2.45) is 5.92 Å². The summed E-state index contributed by atoms with van der Waals surface area (Å²) in [6, 6.07) is 8.53. The summed E-state index contributed by atoms with van der Waals surface area (Å²) in [6.45, 7) is 0.962. The van der Waals surface area contributed by atoms with E-state index in [1.807, 2.05) is 24.3 Å². The minimum atomic E-state index is 0.655. The molecule has 1 saturated carbocycles. The van der Waals surface area contributed by atoms with Gasteiger partial charge in [0.2, 0.25) is 0 Å². The Kier molecular flexibility index (Phi) is 3.49. The summed E-state index contributed by atoms with van der Waals surface area (Å²) < 4.78 is 5.62. The average molecular weight is 244 g/mol. The van der Waals surface area contributed by atoms with Crippen LogP contribution >= 0.6 is 0 Å². The number of aromatic nitrogens is 1. The van der Waals surface area contributed by atoms with Crippen LogP contribution in [0.2, 0.25) is 0 Å². The van der Waals surface area contributed by atoms with Gasteiger partial charge in [-0.05, 0) is 30.9 Å². The van der Waals surface area contributed by atoms with Crippen molar-refractivity contribution in [1.82, 2.24) is 4.98 Å². The van der Waals surface area contributed by atoms with Gasteiger partial charge >= 0.3 is 0 Å². The van der Waals surface area contributed by atoms with E-state index < -0.39 is 0 Å². The number of benzene rings is 1. The Balaban J connectivity index is 1.47. The van der Waals surface area contributed by atoms with Crippen LogP contribution in [0, 0.1) is 5.92 Å². The first kappa shape index (κ1) is 11.6. The number of nitrogens with zero attached hydrogens (tertiary/aromatic N) is 1. The van der Waals surface area contributed by atoms with E-state index in [0.29, 0.717) is 6.01 Å². The van der Waals surface area contributed by atoms with Crippen LogP contribution < -0.4 is 5.32 Å². The fourth-order valence-electron chi connectivity index (χ4n) is 2.83. The first-order valence-corrected chi connectivity index (χ1v) is 7.01. The summed E-state index contributed by atoms with van der Waals surface area (Å²) in [7, 11) is 0. The molecule has 0 amide bonds. The van der Waals surface area contributed by atoms with Gasteiger partial charge in [0, 0.05) is 6.54 Å². The Morgan fingerprint density at radius 2 is 2.06 bits per heavy atom. The van der Waals surface area contributed by atoms with Crippen LogP contribution in [0.4, 0.5) is 6.01 Å². The predicted molar refractivity (Wildman–Crippen MR) is 73.7 cm³/mol. The summed E-state index contributed by atoms with van der Waals surface area (Å²) in [6.07, 6.45) is 8.29. The highest BCUT2D eigenvalue weighted by atomic mass is 16.4. The summed E-state index contributed by atoms with van der Waals surface area (Å²) >= 11 is 0. The SMILES string of the molecule is c1ccc2oc(NCCCC3CCCC3)nc2c1. The highest BCUT2D eigenvalue weighted by Gasteiger charge is 2.14. The van der Waals surface area contributed by atoms with Gasteiger partial charge in [-0.3, -0.25) is 0 Å². The number of anilines is 1. The fourth-order valence-corrected chi connectivity index (χ4v) is 2.83. The van der Waals surface area contributed by atoms with Gasteiger partial charge in [-0.15, -0.1) is 0 Å². The zero-order valence-corrected chi connectivity index (χ0v) is 10.7. The van der Waals surface area contributed by atoms with E-state index in [-0.39, 0.29) is 0 Å². The molecule has 0 aliphatic heterocycles. The molecule has 96 valence electrons. The van der Waals surface area contributed by atoms with Crippen LogP contribution in [0.1, 0.15) is 38.5 Å². The Morgan fingerprint density at radius 3 is 2.89 bits per heavy atom. The van der Waals surface area contributed by atoms with Crippen molar-refractivity contribution >= 4 is 17.1 Å². The molecule has 2 aromatic rings. The number of rotatable bonds is 5. The molecular formula is C15H20N2O. The zero-order chi connectivity index (χ0) is 12.2. The summed E-state index contributed by atoms with van der Waals surface area (Å²) in [5.41, 5.74) is 1.78. The van der Waals surface area contributed by atoms with Crippen LogP contribution in [0.15, 0.2) is 28.7 Å². The first-order chi connectivity index (χ1) is 8.92. The molecule has 1 heterocycles. The second-order valence-electron chi connectivity index (χ2n) is 5.21. The second-order valence-corrected chi connectivity index (χ2v) is 5.21. The first-order valence-electron chi connectivity index (χ1n) is 7.01. The molecule has 0 atom stereocenters. The number of fused-ring (bicyclic) bond motifs is 1. The molecule has 0 spiro atoms. The van der Waals surface area contributed by atoms with E-state index in [4.69, 9.17) is 4.42 Å². The smallest absolute Gasteiger partial charge is 0.295 e. The van der Waals surface area contributed by atoms with Gasteiger partial charge in [0.15, 0.2) is 5.58 Å². The monoisotopic (exact) mass is 244 g/mol. The van der Waals surface area contributed by atoms with Gasteiger partial charge in [-0.25, -0.2) is 0 Å². The van der Waals surface area contributed by atoms with E-state index in [9.17, 15) is 0 Å². The maximum Gasteiger partial charge on any atom is 0.295 e. The van der Waals surface area contributed by atoms with E-state index in [1.54, 1.807) is 0 Å². The molecular weight excluding hydrogens is 224 g/mol. The van der Waals surface area contributed by atoms with Gasteiger partial charge in [0.1, 0.15) is 5.52 Å². The van der Waals surface area contributed by atoms with Gasteiger partial charge < -0.3 is 9.73 Å². The molecule has 0 unspecified atom stereocenters. The van der Waals surface area contributed by atoms with Crippen LogP contribution in [0.5, 0.6) is 0 Å². The molecule has 1 aromatic carbocycles. The quantitative estimate of drug-likeness (QED) is 0.801. The molecule has 1 aromatic heterocycles. The number of hydrogen-bond acceptors (Lipinski definition) is 3. The number of hydrogen-bond donors (Lipinski definition) is 1. The lowest BCUT2D eigenvalue weighted by Crippen LogP contribution is -2.04. The van der Waals surface area contributed by atoms with Crippen molar-refractivity contribution < 1.29 is 4.42 Å². The lowest BCUT2D eigenvalue weighted by molar-refractivity contribution is 0.489. The minimum Gasteiger partial charge on any atom is -0.424 e. The fraction of sp³-hybridized carbons (Fsp3) is 0.533. The highest BCUT2D eigenvalue weighted by molar-refractivity contribution is 5.74. The lowest BCUT2D eigenvalue weighted by atomic mass is 10.0. The van der Waals surface area contributed by atoms with Crippen LogP contribution in [0.25, 0.3) is 11.1 Å². The van der Waals surface area contributed by atoms with Crippen molar-refractivity contribution in [1.29, 1.82) is 0 Å². The predicted octanol–water partition coefficient (Wildman–Crippen LogP) is 4.21. The molecule has 1 aliphatic rings. The standard InChI is InChI=1S/C15H20N2O/c1-2-7-12(6-1)8-5-11-16-15-17-13-9-3-4-10-14(13)18-15/h3-4,9-10,12H,1-2,5-8,11H2,(H,16,17). The molecule has 3 heteroatoms. The molecule has 0 saturated heterocycles. The lowest BCUT2D eigenvalue weighted by Gasteiger charge is -2.07. The van der Waals surface area contributed by atoms with Crippen LogP contribution in [0.3, 0.4) is 0 Å². The molecule has 18 heavy (non-hydrogen) atoms. The largest absolute Gasteiger partial charge is 0.424 e. The summed E-state index contributed by atoms with van der Waals surface area (Å²) in [5.74, 6) is 0.968. The van der Waals surface area contributed by atoms with Gasteiger partial charge in [0.25, 0.3) is 6.01 Å². The Morgan fingerprint density at radius 1 is 1.22 bits per heavy atom.